The lowest BCUT2D eigenvalue weighted by Crippen LogP contribution is -2.43. The van der Waals surface area contributed by atoms with Gasteiger partial charge in [0.25, 0.3) is 5.56 Å². The van der Waals surface area contributed by atoms with E-state index in [-0.39, 0.29) is 18.4 Å². The summed E-state index contributed by atoms with van der Waals surface area (Å²) in [6.45, 7) is 4.54. The van der Waals surface area contributed by atoms with Crippen LogP contribution in [-0.2, 0) is 11.3 Å². The van der Waals surface area contributed by atoms with Gasteiger partial charge in [-0.25, -0.2) is 9.78 Å². The van der Waals surface area contributed by atoms with E-state index in [1.165, 1.54) is 10.8 Å². The predicted octanol–water partition coefficient (Wildman–Crippen LogP) is -0.322. The molecule has 2 N–H and O–H groups in total. The number of rotatable bonds is 3. The van der Waals surface area contributed by atoms with Gasteiger partial charge in [0.1, 0.15) is 12.4 Å². The van der Waals surface area contributed by atoms with Crippen LogP contribution in [0.15, 0.2) is 15.8 Å². The van der Waals surface area contributed by atoms with Crippen LogP contribution in [0.5, 0.6) is 0 Å². The van der Waals surface area contributed by atoms with Crippen molar-refractivity contribution >= 4 is 5.91 Å². The number of nitrogens with one attached hydrogen (secondary N) is 2. The standard InChI is InChI=1S/C15H20N6O3/c1-9-6-21(15(24)17-14(9)23)8-12(22)20-5-3-4-11(7-20)13-16-10(2)18-19-13/h6,11H,3-5,7-8H2,1-2H3,(H,16,18,19)(H,17,23,24). The first-order valence-electron chi connectivity index (χ1n) is 7.91. The third-order valence-electron chi connectivity index (χ3n) is 4.25. The third kappa shape index (κ3) is 3.29. The molecule has 1 unspecified atom stereocenters. The number of H-pyrrole nitrogens is 2. The second kappa shape index (κ2) is 6.42. The van der Waals surface area contributed by atoms with Gasteiger partial charge < -0.3 is 4.90 Å². The summed E-state index contributed by atoms with van der Waals surface area (Å²) in [7, 11) is 0. The summed E-state index contributed by atoms with van der Waals surface area (Å²) in [6, 6.07) is 0. The Balaban J connectivity index is 1.72. The highest BCUT2D eigenvalue weighted by Crippen LogP contribution is 2.24. The van der Waals surface area contributed by atoms with E-state index >= 15 is 0 Å². The van der Waals surface area contributed by atoms with Crippen molar-refractivity contribution in [2.24, 2.45) is 0 Å². The van der Waals surface area contributed by atoms with Gasteiger partial charge >= 0.3 is 5.69 Å². The summed E-state index contributed by atoms with van der Waals surface area (Å²) >= 11 is 0. The second-order valence-corrected chi connectivity index (χ2v) is 6.16. The number of aryl methyl sites for hydroxylation is 2. The minimum Gasteiger partial charge on any atom is -0.340 e. The van der Waals surface area contributed by atoms with Gasteiger partial charge in [-0.1, -0.05) is 0 Å². The maximum Gasteiger partial charge on any atom is 0.328 e. The molecule has 0 bridgehead atoms. The van der Waals surface area contributed by atoms with Gasteiger partial charge in [-0.15, -0.1) is 0 Å². The van der Waals surface area contributed by atoms with Crippen molar-refractivity contribution in [2.45, 2.75) is 39.2 Å². The lowest BCUT2D eigenvalue weighted by molar-refractivity contribution is -0.133. The second-order valence-electron chi connectivity index (χ2n) is 6.16. The van der Waals surface area contributed by atoms with Gasteiger partial charge in [-0.2, -0.15) is 5.10 Å². The topological polar surface area (TPSA) is 117 Å². The van der Waals surface area contributed by atoms with Crippen molar-refractivity contribution in [3.63, 3.8) is 0 Å². The molecular formula is C15H20N6O3. The van der Waals surface area contributed by atoms with Crippen LogP contribution >= 0.6 is 0 Å². The molecule has 1 amide bonds. The number of aromatic nitrogens is 5. The lowest BCUT2D eigenvalue weighted by Gasteiger charge is -2.31. The van der Waals surface area contributed by atoms with Crippen LogP contribution in [-0.4, -0.2) is 48.6 Å². The Labute approximate surface area is 137 Å². The van der Waals surface area contributed by atoms with Crippen molar-refractivity contribution in [3.05, 3.63) is 44.2 Å². The van der Waals surface area contributed by atoms with Gasteiger partial charge in [0, 0.05) is 30.8 Å². The van der Waals surface area contributed by atoms with Gasteiger partial charge in [-0.05, 0) is 26.7 Å². The largest absolute Gasteiger partial charge is 0.340 e. The molecule has 0 spiro atoms. The predicted molar refractivity (Wildman–Crippen MR) is 85.7 cm³/mol. The van der Waals surface area contributed by atoms with Crippen LogP contribution in [0.1, 0.15) is 36.0 Å². The molecule has 0 radical (unpaired) electrons. The summed E-state index contributed by atoms with van der Waals surface area (Å²) in [5.74, 6) is 1.42. The summed E-state index contributed by atoms with van der Waals surface area (Å²) in [4.78, 5) is 44.0. The smallest absolute Gasteiger partial charge is 0.328 e. The molecule has 0 aliphatic carbocycles. The highest BCUT2D eigenvalue weighted by molar-refractivity contribution is 5.76. The number of aromatic amines is 2. The Bertz CT molecular complexity index is 865. The average Bonchev–Trinajstić information content (AvgIpc) is 2.99. The molecule has 2 aromatic heterocycles. The van der Waals surface area contributed by atoms with E-state index in [1.54, 1.807) is 11.8 Å². The monoisotopic (exact) mass is 332 g/mol. The third-order valence-corrected chi connectivity index (χ3v) is 4.25. The molecule has 128 valence electrons. The number of nitrogens with zero attached hydrogens (tertiary/aromatic N) is 4. The van der Waals surface area contributed by atoms with E-state index in [9.17, 15) is 14.4 Å². The van der Waals surface area contributed by atoms with Crippen molar-refractivity contribution in [3.8, 4) is 0 Å². The van der Waals surface area contributed by atoms with Crippen LogP contribution in [0.2, 0.25) is 0 Å². The summed E-state index contributed by atoms with van der Waals surface area (Å²) in [5.41, 5.74) is -0.603. The van der Waals surface area contributed by atoms with Crippen molar-refractivity contribution in [1.29, 1.82) is 0 Å². The molecule has 1 aliphatic rings. The molecule has 1 saturated heterocycles. The Hall–Kier alpha value is -2.71. The number of amides is 1. The molecule has 1 aliphatic heterocycles. The fourth-order valence-electron chi connectivity index (χ4n) is 2.94. The highest BCUT2D eigenvalue weighted by Gasteiger charge is 2.27. The van der Waals surface area contributed by atoms with Crippen LogP contribution < -0.4 is 11.2 Å². The normalized spacial score (nSPS) is 17.9. The molecule has 9 heteroatoms. The van der Waals surface area contributed by atoms with Gasteiger partial charge in [0.05, 0.1) is 0 Å². The summed E-state index contributed by atoms with van der Waals surface area (Å²) in [6.07, 6.45) is 3.21. The van der Waals surface area contributed by atoms with E-state index in [0.717, 1.165) is 24.5 Å². The number of carbonyl (C=O) groups excluding carboxylic acids is 1. The van der Waals surface area contributed by atoms with E-state index in [4.69, 9.17) is 0 Å². The van der Waals surface area contributed by atoms with E-state index < -0.39 is 11.2 Å². The molecule has 3 heterocycles. The molecular weight excluding hydrogens is 312 g/mol. The summed E-state index contributed by atoms with van der Waals surface area (Å²) in [5, 5.41) is 7.01. The Morgan fingerprint density at radius 1 is 1.38 bits per heavy atom. The van der Waals surface area contributed by atoms with Crippen LogP contribution in [0, 0.1) is 13.8 Å². The van der Waals surface area contributed by atoms with E-state index in [2.05, 4.69) is 20.2 Å². The molecule has 0 saturated carbocycles. The SMILES string of the molecule is Cc1nc(C2CCCN(C(=O)Cn3cc(C)c(=O)[nH]c3=O)C2)n[nH]1. The minimum absolute atomic E-state index is 0.0871. The van der Waals surface area contributed by atoms with Crippen molar-refractivity contribution in [2.75, 3.05) is 13.1 Å². The summed E-state index contributed by atoms with van der Waals surface area (Å²) < 4.78 is 1.24. The fourth-order valence-corrected chi connectivity index (χ4v) is 2.94. The Kier molecular flexibility index (Phi) is 4.32. The number of hydrogen-bond donors (Lipinski definition) is 2. The molecule has 3 rings (SSSR count). The zero-order chi connectivity index (χ0) is 17.3. The number of piperidine rings is 1. The zero-order valence-electron chi connectivity index (χ0n) is 13.7. The van der Waals surface area contributed by atoms with Crippen LogP contribution in [0.3, 0.4) is 0 Å². The van der Waals surface area contributed by atoms with Gasteiger partial charge in [0.15, 0.2) is 5.82 Å². The maximum absolute atomic E-state index is 12.5. The number of likely N-dealkylation sites (tertiary alicyclic amines) is 1. The zero-order valence-corrected chi connectivity index (χ0v) is 13.7. The van der Waals surface area contributed by atoms with Crippen molar-refractivity contribution in [1.82, 2.24) is 29.6 Å². The van der Waals surface area contributed by atoms with Gasteiger partial charge in [-0.3, -0.25) is 24.2 Å². The molecule has 1 atom stereocenters. The van der Waals surface area contributed by atoms with Crippen molar-refractivity contribution < 1.29 is 4.79 Å². The molecule has 1 fully saturated rings. The fraction of sp³-hybridized carbons (Fsp3) is 0.533. The molecule has 0 aromatic carbocycles. The average molecular weight is 332 g/mol. The number of hydrogen-bond acceptors (Lipinski definition) is 5. The van der Waals surface area contributed by atoms with Gasteiger partial charge in [0.2, 0.25) is 5.91 Å². The highest BCUT2D eigenvalue weighted by atomic mass is 16.2. The minimum atomic E-state index is -0.572. The molecule has 24 heavy (non-hydrogen) atoms. The maximum atomic E-state index is 12.5. The molecule has 2 aromatic rings. The van der Waals surface area contributed by atoms with Crippen LogP contribution in [0.4, 0.5) is 0 Å². The molecule has 9 nitrogen and oxygen atoms in total. The number of carbonyl (C=O) groups is 1. The first-order valence-corrected chi connectivity index (χ1v) is 7.91. The van der Waals surface area contributed by atoms with E-state index in [0.29, 0.717) is 18.7 Å². The first-order chi connectivity index (χ1) is 11.4. The van der Waals surface area contributed by atoms with Crippen LogP contribution in [0.25, 0.3) is 0 Å². The quantitative estimate of drug-likeness (QED) is 0.799. The first kappa shape index (κ1) is 16.2. The Morgan fingerprint density at radius 3 is 2.88 bits per heavy atom. The Morgan fingerprint density at radius 2 is 2.17 bits per heavy atom. The van der Waals surface area contributed by atoms with E-state index in [1.807, 2.05) is 6.92 Å². The lowest BCUT2D eigenvalue weighted by atomic mass is 9.97.